The highest BCUT2D eigenvalue weighted by molar-refractivity contribution is 7.09. The fraction of sp³-hybridized carbons (Fsp3) is 0.625. The van der Waals surface area contributed by atoms with Crippen LogP contribution in [0.3, 0.4) is 0 Å². The molecule has 1 aliphatic heterocycles. The third-order valence-electron chi connectivity index (χ3n) is 4.67. The van der Waals surface area contributed by atoms with Gasteiger partial charge < -0.3 is 9.88 Å². The van der Waals surface area contributed by atoms with Crippen molar-refractivity contribution in [2.45, 2.75) is 45.6 Å². The second-order valence-electron chi connectivity index (χ2n) is 6.40. The van der Waals surface area contributed by atoms with Gasteiger partial charge in [0.05, 0.1) is 0 Å². The van der Waals surface area contributed by atoms with Crippen LogP contribution in [0, 0.1) is 13.8 Å². The van der Waals surface area contributed by atoms with Crippen molar-refractivity contribution >= 4 is 23.2 Å². The first-order valence-electron chi connectivity index (χ1n) is 8.54. The first kappa shape index (κ1) is 17.8. The van der Waals surface area contributed by atoms with Gasteiger partial charge in [0.2, 0.25) is 11.9 Å². The summed E-state index contributed by atoms with van der Waals surface area (Å²) >= 11 is 1.22. The van der Waals surface area contributed by atoms with Crippen LogP contribution in [0.25, 0.3) is 0 Å². The molecule has 3 rings (SSSR count). The van der Waals surface area contributed by atoms with Gasteiger partial charge in [0.25, 0.3) is 0 Å². The van der Waals surface area contributed by atoms with Crippen molar-refractivity contribution in [3.8, 4) is 0 Å². The molecule has 2 aromatic rings. The van der Waals surface area contributed by atoms with Crippen LogP contribution >= 0.6 is 11.3 Å². The van der Waals surface area contributed by atoms with Crippen LogP contribution in [0.15, 0.2) is 4.79 Å². The molecule has 8 nitrogen and oxygen atoms in total. The number of aromatic nitrogens is 4. The van der Waals surface area contributed by atoms with E-state index in [-0.39, 0.29) is 17.2 Å². The zero-order valence-corrected chi connectivity index (χ0v) is 15.7. The zero-order chi connectivity index (χ0) is 18.0. The topological polar surface area (TPSA) is 93.8 Å². The first-order valence-corrected chi connectivity index (χ1v) is 9.35. The van der Waals surface area contributed by atoms with E-state index in [2.05, 4.69) is 20.7 Å². The minimum absolute atomic E-state index is 0.0188. The van der Waals surface area contributed by atoms with Gasteiger partial charge in [0, 0.05) is 36.5 Å². The molecule has 0 aromatic carbocycles. The molecule has 0 bridgehead atoms. The predicted molar refractivity (Wildman–Crippen MR) is 97.1 cm³/mol. The quantitative estimate of drug-likeness (QED) is 0.830. The second-order valence-corrected chi connectivity index (χ2v) is 7.57. The SMILES string of the molecule is Cc1sc(=O)n(CCC(=O)Nc2nc(C3CCNCC3)nn2C)c1C. The van der Waals surface area contributed by atoms with E-state index in [4.69, 9.17) is 0 Å². The van der Waals surface area contributed by atoms with Crippen molar-refractivity contribution in [3.05, 3.63) is 26.1 Å². The number of hydrogen-bond acceptors (Lipinski definition) is 6. The van der Waals surface area contributed by atoms with E-state index < -0.39 is 0 Å². The largest absolute Gasteiger partial charge is 0.317 e. The average molecular weight is 364 g/mol. The van der Waals surface area contributed by atoms with E-state index in [9.17, 15) is 9.59 Å². The molecule has 0 atom stereocenters. The van der Waals surface area contributed by atoms with Crippen molar-refractivity contribution in [3.63, 3.8) is 0 Å². The molecular formula is C16H24N6O2S. The average Bonchev–Trinajstić information content (AvgIpc) is 3.07. The molecule has 1 amide bonds. The molecule has 1 fully saturated rings. The molecule has 0 aliphatic carbocycles. The molecule has 0 saturated carbocycles. The Labute approximate surface area is 150 Å². The molecule has 0 radical (unpaired) electrons. The van der Waals surface area contributed by atoms with Gasteiger partial charge in [0.1, 0.15) is 0 Å². The van der Waals surface area contributed by atoms with E-state index in [0.717, 1.165) is 42.3 Å². The summed E-state index contributed by atoms with van der Waals surface area (Å²) in [5.74, 6) is 1.43. The van der Waals surface area contributed by atoms with Crippen LogP contribution in [0.4, 0.5) is 5.95 Å². The number of nitrogens with zero attached hydrogens (tertiary/aromatic N) is 4. The monoisotopic (exact) mass is 364 g/mol. The van der Waals surface area contributed by atoms with Crippen LogP contribution < -0.4 is 15.5 Å². The Morgan fingerprint density at radius 2 is 2.08 bits per heavy atom. The van der Waals surface area contributed by atoms with Crippen molar-refractivity contribution in [1.29, 1.82) is 0 Å². The molecule has 3 heterocycles. The van der Waals surface area contributed by atoms with Crippen LogP contribution in [0.2, 0.25) is 0 Å². The molecule has 2 N–H and O–H groups in total. The lowest BCUT2D eigenvalue weighted by Gasteiger charge is -2.19. The Morgan fingerprint density at radius 1 is 1.36 bits per heavy atom. The molecule has 1 aliphatic rings. The number of aryl methyl sites for hydroxylation is 2. The summed E-state index contributed by atoms with van der Waals surface area (Å²) in [5, 5.41) is 10.6. The minimum Gasteiger partial charge on any atom is -0.317 e. The van der Waals surface area contributed by atoms with Crippen molar-refractivity contribution < 1.29 is 4.79 Å². The lowest BCUT2D eigenvalue weighted by molar-refractivity contribution is -0.116. The summed E-state index contributed by atoms with van der Waals surface area (Å²) in [4.78, 5) is 29.6. The van der Waals surface area contributed by atoms with Gasteiger partial charge in [-0.3, -0.25) is 14.9 Å². The highest BCUT2D eigenvalue weighted by Gasteiger charge is 2.21. The standard InChI is InChI=1S/C16H24N6O2S/c1-10-11(2)25-16(24)22(10)9-6-13(23)18-15-19-14(20-21(15)3)12-4-7-17-8-5-12/h12,17H,4-9H2,1-3H3,(H,18,19,20,23). The fourth-order valence-electron chi connectivity index (χ4n) is 3.01. The number of piperidine rings is 1. The third kappa shape index (κ3) is 3.98. The zero-order valence-electron chi connectivity index (χ0n) is 14.8. The number of carbonyl (C=O) groups excluding carboxylic acids is 1. The summed E-state index contributed by atoms with van der Waals surface area (Å²) in [5.41, 5.74) is 0.926. The molecule has 2 aromatic heterocycles. The highest BCUT2D eigenvalue weighted by atomic mass is 32.1. The van der Waals surface area contributed by atoms with Gasteiger partial charge in [0.15, 0.2) is 5.82 Å². The molecule has 0 spiro atoms. The second kappa shape index (κ2) is 7.49. The van der Waals surface area contributed by atoms with Gasteiger partial charge in [-0.25, -0.2) is 4.68 Å². The molecule has 136 valence electrons. The molecule has 25 heavy (non-hydrogen) atoms. The summed E-state index contributed by atoms with van der Waals surface area (Å²) in [6.07, 6.45) is 2.25. The van der Waals surface area contributed by atoms with Crippen LogP contribution in [0.1, 0.15) is 41.6 Å². The molecule has 9 heteroatoms. The fourth-order valence-corrected chi connectivity index (χ4v) is 3.87. The third-order valence-corrected chi connectivity index (χ3v) is 5.67. The Bertz CT molecular complexity index is 815. The van der Waals surface area contributed by atoms with Crippen LogP contribution in [-0.2, 0) is 18.4 Å². The summed E-state index contributed by atoms with van der Waals surface area (Å²) in [6, 6.07) is 0. The van der Waals surface area contributed by atoms with E-state index >= 15 is 0 Å². The molecular weight excluding hydrogens is 340 g/mol. The summed E-state index contributed by atoms with van der Waals surface area (Å²) < 4.78 is 3.26. The van der Waals surface area contributed by atoms with Crippen molar-refractivity contribution in [1.82, 2.24) is 24.6 Å². The Morgan fingerprint density at radius 3 is 2.72 bits per heavy atom. The van der Waals surface area contributed by atoms with Crippen LogP contribution in [-0.4, -0.2) is 38.3 Å². The maximum absolute atomic E-state index is 12.2. The number of rotatable bonds is 5. The number of anilines is 1. The van der Waals surface area contributed by atoms with E-state index in [1.807, 2.05) is 13.8 Å². The maximum Gasteiger partial charge on any atom is 0.307 e. The Balaban J connectivity index is 1.61. The molecule has 1 saturated heterocycles. The maximum atomic E-state index is 12.2. The lowest BCUT2D eigenvalue weighted by atomic mass is 9.98. The van der Waals surface area contributed by atoms with Crippen molar-refractivity contribution in [2.75, 3.05) is 18.4 Å². The van der Waals surface area contributed by atoms with Crippen LogP contribution in [0.5, 0.6) is 0 Å². The number of carbonyl (C=O) groups is 1. The lowest BCUT2D eigenvalue weighted by Crippen LogP contribution is -2.27. The highest BCUT2D eigenvalue weighted by Crippen LogP contribution is 2.23. The van der Waals surface area contributed by atoms with E-state index in [0.29, 0.717) is 18.4 Å². The normalized spacial score (nSPS) is 15.5. The smallest absolute Gasteiger partial charge is 0.307 e. The molecule has 0 unspecified atom stereocenters. The number of hydrogen-bond donors (Lipinski definition) is 2. The Hall–Kier alpha value is -2.00. The minimum atomic E-state index is -0.164. The van der Waals surface area contributed by atoms with Gasteiger partial charge in [-0.2, -0.15) is 10.1 Å². The first-order chi connectivity index (χ1) is 12.0. The van der Waals surface area contributed by atoms with Gasteiger partial charge in [-0.15, -0.1) is 0 Å². The van der Waals surface area contributed by atoms with Gasteiger partial charge in [-0.1, -0.05) is 11.3 Å². The summed E-state index contributed by atoms with van der Waals surface area (Å²) in [7, 11) is 1.78. The predicted octanol–water partition coefficient (Wildman–Crippen LogP) is 1.15. The Kier molecular flexibility index (Phi) is 5.33. The van der Waals surface area contributed by atoms with Gasteiger partial charge >= 0.3 is 4.87 Å². The number of amides is 1. The number of nitrogens with one attached hydrogen (secondary N) is 2. The van der Waals surface area contributed by atoms with E-state index in [1.54, 1.807) is 16.3 Å². The van der Waals surface area contributed by atoms with Gasteiger partial charge in [-0.05, 0) is 39.8 Å². The van der Waals surface area contributed by atoms with E-state index in [1.165, 1.54) is 11.3 Å². The number of thiazole rings is 1. The van der Waals surface area contributed by atoms with Crippen molar-refractivity contribution in [2.24, 2.45) is 7.05 Å². The summed E-state index contributed by atoms with van der Waals surface area (Å²) in [6.45, 7) is 6.14.